The predicted octanol–water partition coefficient (Wildman–Crippen LogP) is 7.39. The smallest absolute Gasteiger partial charge is 0.244 e. The molecular formula is C47H25N3O7S. The molecule has 10 aromatic carbocycles. The number of H-pyrrole nitrogens is 2. The Balaban J connectivity index is 1.25. The molecule has 0 aliphatic carbocycles. The molecule has 11 heteroatoms. The Morgan fingerprint density at radius 2 is 0.724 bits per heavy atom. The number of pyridine rings is 1. The van der Waals surface area contributed by atoms with Gasteiger partial charge in [-0.1, -0.05) is 72.8 Å². The Kier molecular flexibility index (Phi) is 6.08. The van der Waals surface area contributed by atoms with Gasteiger partial charge in [0.2, 0.25) is 10.0 Å². The van der Waals surface area contributed by atoms with Crippen molar-refractivity contribution in [3.05, 3.63) is 154 Å². The van der Waals surface area contributed by atoms with E-state index in [1.807, 2.05) is 12.1 Å². The van der Waals surface area contributed by atoms with E-state index in [1.165, 1.54) is 14.1 Å². The molecule has 12 rings (SSSR count). The van der Waals surface area contributed by atoms with Gasteiger partial charge in [-0.05, 0) is 46.5 Å². The van der Waals surface area contributed by atoms with E-state index >= 15 is 0 Å². The van der Waals surface area contributed by atoms with Gasteiger partial charge < -0.3 is 9.97 Å². The number of hydrogen-bond donors (Lipinski definition) is 2. The van der Waals surface area contributed by atoms with Gasteiger partial charge in [0.1, 0.15) is 4.90 Å². The monoisotopic (exact) mass is 775 g/mol. The fraction of sp³-hybridized carbons (Fsp3) is 0.0426. The molecule has 276 valence electrons. The van der Waals surface area contributed by atoms with Gasteiger partial charge in [0.05, 0.1) is 38.2 Å². The molecule has 0 fully saturated rings. The first-order valence-electron chi connectivity index (χ1n) is 18.5. The van der Waals surface area contributed by atoms with Crippen molar-refractivity contribution in [3.8, 4) is 0 Å². The molecule has 0 saturated carbocycles. The van der Waals surface area contributed by atoms with Crippen LogP contribution in [0.5, 0.6) is 0 Å². The van der Waals surface area contributed by atoms with E-state index in [4.69, 9.17) is 0 Å². The summed E-state index contributed by atoms with van der Waals surface area (Å²) in [6, 6.07) is 29.0. The van der Waals surface area contributed by atoms with Crippen molar-refractivity contribution in [2.24, 2.45) is 0 Å². The molecule has 0 radical (unpaired) electrons. The van der Waals surface area contributed by atoms with Gasteiger partial charge in [-0.2, -0.15) is 0 Å². The van der Waals surface area contributed by atoms with Crippen molar-refractivity contribution in [2.75, 3.05) is 14.1 Å². The minimum atomic E-state index is -4.11. The lowest BCUT2D eigenvalue weighted by molar-refractivity contribution is 0.521. The molecular weight excluding hydrogens is 751 g/mol. The summed E-state index contributed by atoms with van der Waals surface area (Å²) in [6.07, 6.45) is 0. The minimum absolute atomic E-state index is 0.0421. The van der Waals surface area contributed by atoms with Crippen LogP contribution in [-0.4, -0.2) is 36.8 Å². The van der Waals surface area contributed by atoms with E-state index in [0.29, 0.717) is 75.7 Å². The minimum Gasteiger partial charge on any atom is -0.353 e. The summed E-state index contributed by atoms with van der Waals surface area (Å²) >= 11 is 0. The molecule has 0 unspecified atom stereocenters. The molecule has 0 spiro atoms. The number of benzene rings is 10. The van der Waals surface area contributed by atoms with Crippen LogP contribution in [0.1, 0.15) is 0 Å². The van der Waals surface area contributed by atoms with Gasteiger partial charge in [-0.15, -0.1) is 0 Å². The van der Waals surface area contributed by atoms with E-state index in [9.17, 15) is 32.4 Å². The van der Waals surface area contributed by atoms with Gasteiger partial charge in [-0.3, -0.25) is 24.0 Å². The van der Waals surface area contributed by atoms with Crippen molar-refractivity contribution >= 4 is 129 Å². The Bertz CT molecular complexity index is 4370. The summed E-state index contributed by atoms with van der Waals surface area (Å²) in [5.74, 6) is 0. The van der Waals surface area contributed by atoms with Gasteiger partial charge in [0.25, 0.3) is 0 Å². The molecule has 2 heterocycles. The number of sulfonamides is 1. The average Bonchev–Trinajstić information content (AvgIpc) is 3.62. The van der Waals surface area contributed by atoms with E-state index in [2.05, 4.69) is 9.97 Å². The van der Waals surface area contributed by atoms with Crippen molar-refractivity contribution < 1.29 is 8.42 Å². The Morgan fingerprint density at radius 1 is 0.362 bits per heavy atom. The van der Waals surface area contributed by atoms with Crippen LogP contribution in [0.2, 0.25) is 0 Å². The Hall–Kier alpha value is -7.34. The van der Waals surface area contributed by atoms with Crippen LogP contribution in [0.3, 0.4) is 0 Å². The highest BCUT2D eigenvalue weighted by Crippen LogP contribution is 2.43. The maximum atomic E-state index is 14.9. The molecule has 10 nitrogen and oxygen atoms in total. The maximum Gasteiger partial charge on any atom is 0.244 e. The maximum absolute atomic E-state index is 14.9. The third-order valence-electron chi connectivity index (χ3n) is 12.2. The summed E-state index contributed by atoms with van der Waals surface area (Å²) < 4.78 is 29.4. The zero-order chi connectivity index (χ0) is 39.7. The van der Waals surface area contributed by atoms with Crippen LogP contribution >= 0.6 is 0 Å². The third-order valence-corrected chi connectivity index (χ3v) is 14.1. The van der Waals surface area contributed by atoms with Crippen molar-refractivity contribution in [3.63, 3.8) is 0 Å². The number of nitrogens with one attached hydrogen (secondary N) is 2. The highest BCUT2D eigenvalue weighted by Gasteiger charge is 2.28. The van der Waals surface area contributed by atoms with Gasteiger partial charge in [-0.25, -0.2) is 12.7 Å². The molecule has 12 aromatic rings. The fourth-order valence-electron chi connectivity index (χ4n) is 9.58. The van der Waals surface area contributed by atoms with Crippen molar-refractivity contribution in [1.29, 1.82) is 0 Å². The highest BCUT2D eigenvalue weighted by atomic mass is 32.2. The second-order valence-electron chi connectivity index (χ2n) is 15.2. The zero-order valence-corrected chi connectivity index (χ0v) is 31.3. The van der Waals surface area contributed by atoms with Crippen LogP contribution in [0, 0.1) is 0 Å². The average molecular weight is 776 g/mol. The lowest BCUT2D eigenvalue weighted by Gasteiger charge is -2.20. The first kappa shape index (κ1) is 32.9. The van der Waals surface area contributed by atoms with Gasteiger partial charge in [0, 0.05) is 78.7 Å². The normalized spacial score (nSPS) is 12.9. The second-order valence-corrected chi connectivity index (χ2v) is 17.3. The molecule has 58 heavy (non-hydrogen) atoms. The zero-order valence-electron chi connectivity index (χ0n) is 30.5. The number of hydrogen-bond acceptors (Lipinski definition) is 7. The van der Waals surface area contributed by atoms with Crippen molar-refractivity contribution in [2.45, 2.75) is 4.90 Å². The molecule has 0 atom stereocenters. The van der Waals surface area contributed by atoms with E-state index in [0.717, 1.165) is 4.31 Å². The molecule has 0 saturated heterocycles. The van der Waals surface area contributed by atoms with E-state index in [1.54, 1.807) is 91.0 Å². The standard InChI is InChI=1S/C47H25N3O7S/c1-50(2)58(56,57)33-19-32-20-7-3-4-8-25(20)43(51)28-15-11-21-22-12-17-30-37(39(22)49-42(33)35(21)34(28)32)46(54)31-18-14-24-23-13-16-29-36(40(23)48-41(24)38(31)47(30)55)45(53)27-10-6-5-9-26(27)44(29)52/h3-19,48-49H,1-2H3. The number of rotatable bonds is 2. The molecule has 0 aliphatic heterocycles. The van der Waals surface area contributed by atoms with Crippen LogP contribution in [0.25, 0.3) is 119 Å². The SMILES string of the molecule is CN(C)S(=O)(=O)c1cc2c3ccccc3c(=O)c3ccc4c5ccc6c(=O)c7c(ccc8c9ccc%10c(=O)c%11ccccc%11c(=O)c%10c9[nH]c87)c(=O)c6c5[nH]c1c4c32. The van der Waals surface area contributed by atoms with Gasteiger partial charge in [0.15, 0.2) is 27.1 Å². The fourth-order valence-corrected chi connectivity index (χ4v) is 10.6. The summed E-state index contributed by atoms with van der Waals surface area (Å²) in [5, 5.41) is 7.26. The van der Waals surface area contributed by atoms with Gasteiger partial charge >= 0.3 is 0 Å². The summed E-state index contributed by atoms with van der Waals surface area (Å²) in [4.78, 5) is 77.5. The topological polar surface area (TPSA) is 154 Å². The molecule has 2 aromatic heterocycles. The number of aromatic nitrogens is 2. The van der Waals surface area contributed by atoms with Crippen molar-refractivity contribution in [1.82, 2.24) is 14.3 Å². The first-order valence-corrected chi connectivity index (χ1v) is 19.9. The van der Waals surface area contributed by atoms with Crippen LogP contribution in [0.4, 0.5) is 0 Å². The van der Waals surface area contributed by atoms with Crippen LogP contribution < -0.4 is 27.1 Å². The molecule has 0 aliphatic rings. The molecule has 0 amide bonds. The lowest BCUT2D eigenvalue weighted by Crippen LogP contribution is -2.23. The van der Waals surface area contributed by atoms with E-state index in [-0.39, 0.29) is 64.5 Å². The molecule has 2 N–H and O–H groups in total. The third kappa shape index (κ3) is 3.80. The quantitative estimate of drug-likeness (QED) is 0.137. The van der Waals surface area contributed by atoms with E-state index < -0.39 is 20.9 Å². The molecule has 0 bridgehead atoms. The highest BCUT2D eigenvalue weighted by molar-refractivity contribution is 7.89. The number of fused-ring (bicyclic) bond motifs is 14. The summed E-state index contributed by atoms with van der Waals surface area (Å²) in [6.45, 7) is 0. The van der Waals surface area contributed by atoms with Crippen LogP contribution in [-0.2, 0) is 10.0 Å². The summed E-state index contributed by atoms with van der Waals surface area (Å²) in [7, 11) is -1.23. The Morgan fingerprint density at radius 3 is 1.24 bits per heavy atom. The first-order chi connectivity index (χ1) is 28.0. The number of nitrogens with zero attached hydrogens (tertiary/aromatic N) is 1. The Labute approximate surface area is 323 Å². The second kappa shape index (κ2) is 10.7. The largest absolute Gasteiger partial charge is 0.353 e. The number of aromatic amines is 2. The van der Waals surface area contributed by atoms with Crippen LogP contribution in [0.15, 0.2) is 132 Å². The predicted molar refractivity (Wildman–Crippen MR) is 233 cm³/mol. The lowest BCUT2D eigenvalue weighted by atomic mass is 9.90. The summed E-state index contributed by atoms with van der Waals surface area (Å²) in [5.41, 5.74) is -0.399.